The van der Waals surface area contributed by atoms with Gasteiger partial charge in [0.05, 0.1) is 57.6 Å². The van der Waals surface area contributed by atoms with Crippen molar-refractivity contribution in [2.75, 3.05) is 69.9 Å². The maximum atomic E-state index is 13.5. The number of morpholine rings is 1. The monoisotopic (exact) mass is 836 g/mol. The molecule has 18 nitrogen and oxygen atoms in total. The van der Waals surface area contributed by atoms with Gasteiger partial charge in [-0.05, 0) is 63.1 Å². The number of benzene rings is 2. The molecule has 0 radical (unpaired) electrons. The van der Waals surface area contributed by atoms with Gasteiger partial charge in [-0.2, -0.15) is 9.47 Å². The Balaban J connectivity index is 1.08. The molecule has 5 rings (SSSR count). The molecule has 2 amide bonds. The molecule has 318 valence electrons. The molecule has 1 aliphatic rings. The van der Waals surface area contributed by atoms with Crippen LogP contribution in [0.3, 0.4) is 0 Å². The first-order valence-electron chi connectivity index (χ1n) is 19.2. The highest BCUT2D eigenvalue weighted by molar-refractivity contribution is 6.99. The molecule has 0 unspecified atom stereocenters. The third-order valence-electron chi connectivity index (χ3n) is 8.86. The number of aromatic amines is 1. The van der Waals surface area contributed by atoms with Crippen molar-refractivity contribution in [2.45, 2.75) is 64.8 Å². The minimum Gasteiger partial charge on any atom is -0.497 e. The van der Waals surface area contributed by atoms with Crippen molar-refractivity contribution in [3.8, 4) is 22.8 Å². The number of aromatic nitrogens is 4. The van der Waals surface area contributed by atoms with Gasteiger partial charge in [0.15, 0.2) is 6.10 Å². The molecular weight excluding hydrogens is 785 g/mol. The Bertz CT molecular complexity index is 1950. The predicted molar refractivity (Wildman–Crippen MR) is 218 cm³/mol. The van der Waals surface area contributed by atoms with Gasteiger partial charge in [-0.25, -0.2) is 9.59 Å². The SMILES string of the molecule is COc1cccc(CN(CCOC(=O)[C@H](C)OC(=O)CCC(=O)O[C@@H](CNC(C)(C)C)COc2nsnc2N2CCOCC2)C(=O)Nc2ccc(-c3cn[nH]c3)cc2)c1. The number of amides is 2. The molecule has 0 saturated carbocycles. The highest BCUT2D eigenvalue weighted by Crippen LogP contribution is 2.27. The van der Waals surface area contributed by atoms with Gasteiger partial charge in [-0.15, -0.1) is 4.37 Å². The summed E-state index contributed by atoms with van der Waals surface area (Å²) in [4.78, 5) is 55.4. The van der Waals surface area contributed by atoms with E-state index < -0.39 is 36.1 Å². The van der Waals surface area contributed by atoms with Gasteiger partial charge >= 0.3 is 23.9 Å². The van der Waals surface area contributed by atoms with Crippen molar-refractivity contribution in [3.63, 3.8) is 0 Å². The van der Waals surface area contributed by atoms with E-state index in [0.29, 0.717) is 49.4 Å². The van der Waals surface area contributed by atoms with Crippen LogP contribution in [0, 0.1) is 0 Å². The molecule has 1 aliphatic heterocycles. The number of rotatable bonds is 20. The number of carbonyl (C=O) groups excluding carboxylic acids is 4. The maximum absolute atomic E-state index is 13.5. The zero-order valence-electron chi connectivity index (χ0n) is 33.9. The number of methoxy groups -OCH3 is 1. The van der Waals surface area contributed by atoms with Gasteiger partial charge in [0.25, 0.3) is 5.88 Å². The maximum Gasteiger partial charge on any atom is 0.347 e. The normalized spacial score (nSPS) is 13.8. The number of nitrogens with one attached hydrogen (secondary N) is 3. The summed E-state index contributed by atoms with van der Waals surface area (Å²) in [6.45, 7) is 10.1. The van der Waals surface area contributed by atoms with E-state index in [-0.39, 0.29) is 51.2 Å². The Morgan fingerprint density at radius 1 is 1.00 bits per heavy atom. The number of nitrogens with zero attached hydrogens (tertiary/aromatic N) is 5. The molecule has 1 saturated heterocycles. The first-order valence-corrected chi connectivity index (χ1v) is 20.0. The zero-order chi connectivity index (χ0) is 42.2. The fourth-order valence-corrected chi connectivity index (χ4v) is 6.21. The number of carbonyl (C=O) groups is 4. The molecular formula is C40H52N8O10S. The standard InChI is InChI=1S/C40H52N8O10S/c1-27(57-34(49)13-14-35(50)58-33(24-41-40(2,3)4)26-56-37-36(45-59-46-37)47-15-18-54-19-16-47)38(51)55-20-17-48(25-28-7-6-8-32(21-28)53-5)39(52)44-31-11-9-29(10-12-31)30-22-42-43-23-30/h6-12,21-23,27,33,41H,13-20,24-26H2,1-5H3,(H,42,43)(H,44,52)/t27-,33-/m0/s1. The van der Waals surface area contributed by atoms with Crippen LogP contribution >= 0.6 is 11.7 Å². The topological polar surface area (TPSA) is 209 Å². The average molecular weight is 837 g/mol. The van der Waals surface area contributed by atoms with Gasteiger partial charge in [-0.3, -0.25) is 14.7 Å². The van der Waals surface area contributed by atoms with Crippen LogP contribution < -0.4 is 25.0 Å². The van der Waals surface area contributed by atoms with E-state index in [1.54, 1.807) is 37.7 Å². The summed E-state index contributed by atoms with van der Waals surface area (Å²) in [5.41, 5.74) is 2.92. The summed E-state index contributed by atoms with van der Waals surface area (Å²) in [6, 6.07) is 14.1. The molecule has 0 aliphatic carbocycles. The molecule has 0 bridgehead atoms. The fourth-order valence-electron chi connectivity index (χ4n) is 5.69. The number of ether oxygens (including phenoxy) is 6. The number of esters is 3. The highest BCUT2D eigenvalue weighted by Gasteiger charge is 2.25. The molecule has 4 aromatic rings. The minimum atomic E-state index is -1.27. The molecule has 19 heteroatoms. The van der Waals surface area contributed by atoms with E-state index in [9.17, 15) is 19.2 Å². The molecule has 1 fully saturated rings. The van der Waals surface area contributed by atoms with Gasteiger partial charge in [0.2, 0.25) is 5.82 Å². The third-order valence-corrected chi connectivity index (χ3v) is 9.36. The van der Waals surface area contributed by atoms with Gasteiger partial charge in [0.1, 0.15) is 25.1 Å². The van der Waals surface area contributed by atoms with Crippen molar-refractivity contribution in [1.29, 1.82) is 0 Å². The van der Waals surface area contributed by atoms with Crippen LogP contribution in [0.5, 0.6) is 11.6 Å². The van der Waals surface area contributed by atoms with Crippen LogP contribution in [0.2, 0.25) is 0 Å². The van der Waals surface area contributed by atoms with Crippen molar-refractivity contribution in [2.24, 2.45) is 0 Å². The molecule has 2 atom stereocenters. The molecule has 2 aromatic carbocycles. The van der Waals surface area contributed by atoms with Crippen molar-refractivity contribution >= 4 is 47.2 Å². The molecule has 0 spiro atoms. The van der Waals surface area contributed by atoms with Gasteiger partial charge in [0, 0.05) is 49.2 Å². The van der Waals surface area contributed by atoms with Gasteiger partial charge < -0.3 is 48.9 Å². The van der Waals surface area contributed by atoms with E-state index in [0.717, 1.165) is 28.4 Å². The summed E-state index contributed by atoms with van der Waals surface area (Å²) in [5.74, 6) is -0.650. The van der Waals surface area contributed by atoms with Crippen LogP contribution in [0.15, 0.2) is 60.9 Å². The number of hydrogen-bond donors (Lipinski definition) is 3. The van der Waals surface area contributed by atoms with Crippen LogP contribution in [-0.4, -0.2) is 125 Å². The summed E-state index contributed by atoms with van der Waals surface area (Å²) >= 11 is 1.03. The lowest BCUT2D eigenvalue weighted by molar-refractivity contribution is -0.167. The lowest BCUT2D eigenvalue weighted by Crippen LogP contribution is -2.44. The van der Waals surface area contributed by atoms with E-state index >= 15 is 0 Å². The van der Waals surface area contributed by atoms with E-state index in [4.69, 9.17) is 28.4 Å². The lowest BCUT2D eigenvalue weighted by atomic mass is 10.1. The summed E-state index contributed by atoms with van der Waals surface area (Å²) in [7, 11) is 1.56. The first-order chi connectivity index (χ1) is 28.4. The van der Waals surface area contributed by atoms with Crippen LogP contribution in [0.25, 0.3) is 11.1 Å². The number of hydrogen-bond acceptors (Lipinski definition) is 16. The van der Waals surface area contributed by atoms with Crippen LogP contribution in [0.4, 0.5) is 16.3 Å². The van der Waals surface area contributed by atoms with Crippen molar-refractivity contribution < 1.29 is 47.6 Å². The second-order valence-corrected chi connectivity index (χ2v) is 15.1. The van der Waals surface area contributed by atoms with Crippen LogP contribution in [0.1, 0.15) is 46.1 Å². The summed E-state index contributed by atoms with van der Waals surface area (Å²) in [6.07, 6.45) is 0.891. The number of anilines is 2. The Hall–Kier alpha value is -5.79. The summed E-state index contributed by atoms with van der Waals surface area (Å²) in [5, 5.41) is 12.9. The average Bonchev–Trinajstić information content (AvgIpc) is 3.94. The predicted octanol–water partition coefficient (Wildman–Crippen LogP) is 4.44. The molecule has 2 aromatic heterocycles. The lowest BCUT2D eigenvalue weighted by Gasteiger charge is -2.27. The van der Waals surface area contributed by atoms with Crippen LogP contribution in [-0.2, 0) is 39.9 Å². The van der Waals surface area contributed by atoms with Gasteiger partial charge in [-0.1, -0.05) is 24.3 Å². The number of H-pyrrole nitrogens is 1. The Kier molecular flexibility index (Phi) is 16.4. The molecule has 59 heavy (non-hydrogen) atoms. The van der Waals surface area contributed by atoms with E-state index in [1.165, 1.54) is 11.8 Å². The minimum absolute atomic E-state index is 0.00336. The quantitative estimate of drug-likeness (QED) is 0.0831. The highest BCUT2D eigenvalue weighted by atomic mass is 32.1. The molecule has 3 N–H and O–H groups in total. The Labute approximate surface area is 347 Å². The second-order valence-electron chi connectivity index (χ2n) is 14.6. The van der Waals surface area contributed by atoms with E-state index in [2.05, 4.69) is 29.6 Å². The Morgan fingerprint density at radius 3 is 2.44 bits per heavy atom. The fraction of sp³-hybridized carbons (Fsp3) is 0.475. The van der Waals surface area contributed by atoms with Crippen molar-refractivity contribution in [1.82, 2.24) is 29.2 Å². The number of urea groups is 1. The van der Waals surface area contributed by atoms with E-state index in [1.807, 2.05) is 56.0 Å². The van der Waals surface area contributed by atoms with Crippen molar-refractivity contribution in [3.05, 3.63) is 66.5 Å². The molecule has 3 heterocycles. The smallest absolute Gasteiger partial charge is 0.347 e. The third kappa shape index (κ3) is 14.5. The first kappa shape index (κ1) is 44.3. The largest absolute Gasteiger partial charge is 0.497 e. The zero-order valence-corrected chi connectivity index (χ0v) is 34.7. The second kappa shape index (κ2) is 21.8. The Morgan fingerprint density at radius 2 is 1.75 bits per heavy atom. The summed E-state index contributed by atoms with van der Waals surface area (Å²) < 4.78 is 41.7.